The first-order chi connectivity index (χ1) is 13.6. The maximum absolute atomic E-state index is 12.2. The molecule has 0 saturated heterocycles. The standard InChI is InChI=1S/C22H16ClNO3S/c1-14-5-2-3-6-15(14)13-26-19-9-8-17(23)11-16(19)12-18-22(25)27-21(24-18)20-7-4-10-28-20/h2-12H,13H2,1H3/b18-12+. The first kappa shape index (κ1) is 18.5. The molecule has 0 aliphatic carbocycles. The minimum Gasteiger partial charge on any atom is -0.488 e. The minimum absolute atomic E-state index is 0.214. The molecule has 0 atom stereocenters. The molecule has 4 rings (SSSR count). The third kappa shape index (κ3) is 4.01. The van der Waals surface area contributed by atoms with E-state index in [2.05, 4.69) is 4.99 Å². The summed E-state index contributed by atoms with van der Waals surface area (Å²) in [6, 6.07) is 17.1. The van der Waals surface area contributed by atoms with E-state index in [9.17, 15) is 4.79 Å². The van der Waals surface area contributed by atoms with Crippen LogP contribution in [0.3, 0.4) is 0 Å². The number of nitrogens with zero attached hydrogens (tertiary/aromatic N) is 1. The van der Waals surface area contributed by atoms with Gasteiger partial charge in [-0.2, -0.15) is 0 Å². The van der Waals surface area contributed by atoms with Crippen molar-refractivity contribution in [1.29, 1.82) is 0 Å². The predicted molar refractivity (Wildman–Crippen MR) is 112 cm³/mol. The number of carbonyl (C=O) groups excluding carboxylic acids is 1. The van der Waals surface area contributed by atoms with Crippen LogP contribution in [-0.4, -0.2) is 11.9 Å². The number of cyclic esters (lactones) is 1. The summed E-state index contributed by atoms with van der Waals surface area (Å²) in [5, 5.41) is 2.45. The number of hydrogen-bond acceptors (Lipinski definition) is 5. The number of rotatable bonds is 5. The van der Waals surface area contributed by atoms with Gasteiger partial charge in [0, 0.05) is 10.6 Å². The molecule has 0 saturated carbocycles. The van der Waals surface area contributed by atoms with Gasteiger partial charge in [0.05, 0.1) is 4.88 Å². The van der Waals surface area contributed by atoms with E-state index in [0.29, 0.717) is 28.8 Å². The summed E-state index contributed by atoms with van der Waals surface area (Å²) in [5.41, 5.74) is 3.13. The van der Waals surface area contributed by atoms with E-state index in [1.807, 2.05) is 48.7 Å². The van der Waals surface area contributed by atoms with Crippen molar-refractivity contribution in [1.82, 2.24) is 0 Å². The topological polar surface area (TPSA) is 47.9 Å². The molecule has 0 fully saturated rings. The molecule has 6 heteroatoms. The lowest BCUT2D eigenvalue weighted by Gasteiger charge is -2.11. The minimum atomic E-state index is -0.492. The Morgan fingerprint density at radius 3 is 2.82 bits per heavy atom. The fourth-order valence-electron chi connectivity index (χ4n) is 2.75. The Labute approximate surface area is 171 Å². The molecule has 2 heterocycles. The second-order valence-corrected chi connectivity index (χ2v) is 7.59. The average Bonchev–Trinajstić information content (AvgIpc) is 3.33. The summed E-state index contributed by atoms with van der Waals surface area (Å²) >= 11 is 7.62. The molecule has 0 amide bonds. The Balaban J connectivity index is 1.62. The molecule has 0 radical (unpaired) electrons. The van der Waals surface area contributed by atoms with E-state index in [0.717, 1.165) is 16.0 Å². The van der Waals surface area contributed by atoms with Crippen molar-refractivity contribution in [2.45, 2.75) is 13.5 Å². The van der Waals surface area contributed by atoms with Gasteiger partial charge in [-0.15, -0.1) is 11.3 Å². The van der Waals surface area contributed by atoms with E-state index < -0.39 is 5.97 Å². The summed E-state index contributed by atoms with van der Waals surface area (Å²) in [6.45, 7) is 2.46. The van der Waals surface area contributed by atoms with E-state index in [1.165, 1.54) is 11.3 Å². The van der Waals surface area contributed by atoms with Gasteiger partial charge in [-0.3, -0.25) is 0 Å². The van der Waals surface area contributed by atoms with Gasteiger partial charge in [-0.1, -0.05) is 41.9 Å². The van der Waals surface area contributed by atoms with Gasteiger partial charge in [0.1, 0.15) is 12.4 Å². The Kier molecular flexibility index (Phi) is 5.28. The molecule has 1 aliphatic rings. The smallest absolute Gasteiger partial charge is 0.363 e. The molecule has 140 valence electrons. The molecule has 0 unspecified atom stereocenters. The van der Waals surface area contributed by atoms with Crippen molar-refractivity contribution in [3.8, 4) is 5.75 Å². The van der Waals surface area contributed by atoms with Gasteiger partial charge < -0.3 is 9.47 Å². The Morgan fingerprint density at radius 1 is 1.18 bits per heavy atom. The molecule has 0 spiro atoms. The molecule has 1 aromatic heterocycles. The van der Waals surface area contributed by atoms with Gasteiger partial charge in [-0.25, -0.2) is 9.79 Å². The van der Waals surface area contributed by atoms with Gasteiger partial charge in [0.25, 0.3) is 0 Å². The molecular weight excluding hydrogens is 394 g/mol. The van der Waals surface area contributed by atoms with Crippen LogP contribution in [0.2, 0.25) is 5.02 Å². The van der Waals surface area contributed by atoms with E-state index in [4.69, 9.17) is 21.1 Å². The summed E-state index contributed by atoms with van der Waals surface area (Å²) in [4.78, 5) is 17.4. The largest absolute Gasteiger partial charge is 0.488 e. The molecule has 3 aromatic rings. The zero-order valence-electron chi connectivity index (χ0n) is 15.0. The van der Waals surface area contributed by atoms with Crippen LogP contribution in [0.5, 0.6) is 5.75 Å². The zero-order valence-corrected chi connectivity index (χ0v) is 16.6. The number of aryl methyl sites for hydroxylation is 1. The number of ether oxygens (including phenoxy) is 2. The summed E-state index contributed by atoms with van der Waals surface area (Å²) < 4.78 is 11.3. The van der Waals surface area contributed by atoms with Crippen LogP contribution in [0.4, 0.5) is 0 Å². The van der Waals surface area contributed by atoms with Crippen LogP contribution in [0.25, 0.3) is 6.08 Å². The van der Waals surface area contributed by atoms with Crippen molar-refractivity contribution >= 4 is 40.9 Å². The number of carbonyl (C=O) groups is 1. The lowest BCUT2D eigenvalue weighted by molar-refractivity contribution is -0.129. The number of halogens is 1. The molecule has 4 nitrogen and oxygen atoms in total. The lowest BCUT2D eigenvalue weighted by atomic mass is 10.1. The van der Waals surface area contributed by atoms with Gasteiger partial charge in [0.15, 0.2) is 5.70 Å². The normalized spacial score (nSPS) is 14.9. The highest BCUT2D eigenvalue weighted by Gasteiger charge is 2.25. The van der Waals surface area contributed by atoms with Crippen LogP contribution >= 0.6 is 22.9 Å². The van der Waals surface area contributed by atoms with Crippen LogP contribution in [-0.2, 0) is 16.1 Å². The number of aliphatic imine (C=N–C) groups is 1. The SMILES string of the molecule is Cc1ccccc1COc1ccc(Cl)cc1/C=C1/N=C(c2cccs2)OC1=O. The van der Waals surface area contributed by atoms with Crippen LogP contribution in [0, 0.1) is 6.92 Å². The zero-order chi connectivity index (χ0) is 19.5. The van der Waals surface area contributed by atoms with E-state index >= 15 is 0 Å². The third-order valence-corrected chi connectivity index (χ3v) is 5.35. The van der Waals surface area contributed by atoms with Gasteiger partial charge in [-0.05, 0) is 53.8 Å². The number of hydrogen-bond donors (Lipinski definition) is 0. The molecule has 28 heavy (non-hydrogen) atoms. The molecule has 0 bridgehead atoms. The van der Waals surface area contributed by atoms with Gasteiger partial charge >= 0.3 is 5.97 Å². The van der Waals surface area contributed by atoms with Crippen molar-refractivity contribution in [2.75, 3.05) is 0 Å². The number of benzene rings is 2. The average molecular weight is 410 g/mol. The fourth-order valence-corrected chi connectivity index (χ4v) is 3.58. The van der Waals surface area contributed by atoms with Crippen molar-refractivity contribution in [3.05, 3.63) is 92.3 Å². The highest BCUT2D eigenvalue weighted by molar-refractivity contribution is 7.12. The molecule has 1 aliphatic heterocycles. The Bertz CT molecular complexity index is 1090. The van der Waals surface area contributed by atoms with Crippen LogP contribution in [0.15, 0.2) is 70.7 Å². The van der Waals surface area contributed by atoms with Crippen molar-refractivity contribution in [3.63, 3.8) is 0 Å². The van der Waals surface area contributed by atoms with E-state index in [1.54, 1.807) is 24.3 Å². The molecule has 2 aromatic carbocycles. The van der Waals surface area contributed by atoms with E-state index in [-0.39, 0.29) is 5.70 Å². The van der Waals surface area contributed by atoms with Crippen molar-refractivity contribution < 1.29 is 14.3 Å². The first-order valence-electron chi connectivity index (χ1n) is 8.63. The summed E-state index contributed by atoms with van der Waals surface area (Å²) in [7, 11) is 0. The summed E-state index contributed by atoms with van der Waals surface area (Å²) in [5.74, 6) is 0.441. The number of esters is 1. The highest BCUT2D eigenvalue weighted by Crippen LogP contribution is 2.29. The van der Waals surface area contributed by atoms with Gasteiger partial charge in [0.2, 0.25) is 5.90 Å². The Hall–Kier alpha value is -2.89. The summed E-state index contributed by atoms with van der Waals surface area (Å²) in [6.07, 6.45) is 1.64. The predicted octanol–water partition coefficient (Wildman–Crippen LogP) is 5.63. The maximum atomic E-state index is 12.2. The first-order valence-corrected chi connectivity index (χ1v) is 9.89. The Morgan fingerprint density at radius 2 is 2.04 bits per heavy atom. The fraction of sp³-hybridized carbons (Fsp3) is 0.0909. The molecule has 0 N–H and O–H groups in total. The van der Waals surface area contributed by atoms with Crippen LogP contribution in [0.1, 0.15) is 21.6 Å². The molecular formula is C22H16ClNO3S. The highest BCUT2D eigenvalue weighted by atomic mass is 35.5. The number of thiophene rings is 1. The van der Waals surface area contributed by atoms with Crippen molar-refractivity contribution in [2.24, 2.45) is 4.99 Å². The van der Waals surface area contributed by atoms with Crippen LogP contribution < -0.4 is 4.74 Å². The maximum Gasteiger partial charge on any atom is 0.363 e. The lowest BCUT2D eigenvalue weighted by Crippen LogP contribution is -2.03. The monoisotopic (exact) mass is 409 g/mol. The quantitative estimate of drug-likeness (QED) is 0.405. The third-order valence-electron chi connectivity index (χ3n) is 4.26. The second-order valence-electron chi connectivity index (χ2n) is 6.21. The second kappa shape index (κ2) is 8.00.